The number of phenols is 1. The number of aryl methyl sites for hydroxylation is 1. The van der Waals surface area contributed by atoms with E-state index in [0.29, 0.717) is 24.7 Å². The summed E-state index contributed by atoms with van der Waals surface area (Å²) in [5, 5.41) is 19.0. The monoisotopic (exact) mass is 396 g/mol. The third-order valence-corrected chi connectivity index (χ3v) is 4.43. The lowest BCUT2D eigenvalue weighted by atomic mass is 10.1. The summed E-state index contributed by atoms with van der Waals surface area (Å²) in [5.41, 5.74) is 1.79. The van der Waals surface area contributed by atoms with E-state index in [9.17, 15) is 9.90 Å². The Hall–Kier alpha value is -3.02. The molecule has 2 rings (SSSR count). The lowest BCUT2D eigenvalue weighted by Crippen LogP contribution is -2.42. The summed E-state index contributed by atoms with van der Waals surface area (Å²) in [6.07, 6.45) is 2.78. The number of aromatic hydroxyl groups is 1. The van der Waals surface area contributed by atoms with Gasteiger partial charge in [-0.2, -0.15) is 0 Å². The lowest BCUT2D eigenvalue weighted by Gasteiger charge is -2.18. The highest BCUT2D eigenvalue weighted by Gasteiger charge is 2.07. The van der Waals surface area contributed by atoms with Crippen molar-refractivity contribution in [2.45, 2.75) is 39.2 Å². The van der Waals surface area contributed by atoms with Crippen molar-refractivity contribution < 1.29 is 9.90 Å². The van der Waals surface area contributed by atoms with Crippen molar-refractivity contribution in [2.24, 2.45) is 4.99 Å². The molecule has 0 saturated heterocycles. The van der Waals surface area contributed by atoms with Crippen LogP contribution in [0.5, 0.6) is 5.75 Å². The average Bonchev–Trinajstić information content (AvgIpc) is 2.72. The summed E-state index contributed by atoms with van der Waals surface area (Å²) in [7, 11) is 0. The van der Waals surface area contributed by atoms with Gasteiger partial charge in [-0.25, -0.2) is 0 Å². The number of aliphatic imine (C=N–C) groups is 1. The van der Waals surface area contributed by atoms with Crippen LogP contribution < -0.4 is 16.0 Å². The van der Waals surface area contributed by atoms with E-state index in [0.717, 1.165) is 31.8 Å². The van der Waals surface area contributed by atoms with Gasteiger partial charge in [0.15, 0.2) is 5.96 Å². The van der Waals surface area contributed by atoms with Gasteiger partial charge in [0.1, 0.15) is 5.75 Å². The molecule has 0 aliphatic rings. The Morgan fingerprint density at radius 3 is 2.62 bits per heavy atom. The highest BCUT2D eigenvalue weighted by Crippen LogP contribution is 2.10. The van der Waals surface area contributed by atoms with Crippen molar-refractivity contribution in [2.75, 3.05) is 19.6 Å². The molecule has 29 heavy (non-hydrogen) atoms. The van der Waals surface area contributed by atoms with Gasteiger partial charge in [-0.3, -0.25) is 9.79 Å². The van der Waals surface area contributed by atoms with Crippen LogP contribution in [0.15, 0.2) is 59.6 Å². The zero-order chi connectivity index (χ0) is 20.9. The van der Waals surface area contributed by atoms with Gasteiger partial charge >= 0.3 is 0 Å². The van der Waals surface area contributed by atoms with Gasteiger partial charge in [-0.1, -0.05) is 36.4 Å². The molecule has 0 radical (unpaired) electrons. The van der Waals surface area contributed by atoms with Crippen LogP contribution in [0.3, 0.4) is 0 Å². The van der Waals surface area contributed by atoms with E-state index in [4.69, 9.17) is 0 Å². The van der Waals surface area contributed by atoms with Gasteiger partial charge in [0.2, 0.25) is 0 Å². The molecule has 1 atom stereocenters. The minimum Gasteiger partial charge on any atom is -0.508 e. The predicted octanol–water partition coefficient (Wildman–Crippen LogP) is 3.09. The maximum absolute atomic E-state index is 12.0. The van der Waals surface area contributed by atoms with Crippen molar-refractivity contribution >= 4 is 11.9 Å². The summed E-state index contributed by atoms with van der Waals surface area (Å²) < 4.78 is 0. The van der Waals surface area contributed by atoms with Crippen LogP contribution in [0.1, 0.15) is 42.6 Å². The van der Waals surface area contributed by atoms with Crippen molar-refractivity contribution in [1.82, 2.24) is 16.0 Å². The van der Waals surface area contributed by atoms with Crippen LogP contribution in [-0.4, -0.2) is 42.6 Å². The number of carbonyl (C=O) groups is 1. The summed E-state index contributed by atoms with van der Waals surface area (Å²) >= 11 is 0. The Morgan fingerprint density at radius 2 is 1.90 bits per heavy atom. The lowest BCUT2D eigenvalue weighted by molar-refractivity contribution is 0.0953. The quantitative estimate of drug-likeness (QED) is 0.282. The smallest absolute Gasteiger partial charge is 0.251 e. The molecule has 0 heterocycles. The second-order valence-electron chi connectivity index (χ2n) is 6.99. The highest BCUT2D eigenvalue weighted by molar-refractivity contribution is 5.94. The first kappa shape index (κ1) is 22.3. The van der Waals surface area contributed by atoms with E-state index in [-0.39, 0.29) is 11.7 Å². The average molecular weight is 397 g/mol. The molecule has 0 bridgehead atoms. The first-order chi connectivity index (χ1) is 14.1. The minimum atomic E-state index is -0.190. The van der Waals surface area contributed by atoms with Crippen LogP contribution in [0, 0.1) is 0 Å². The van der Waals surface area contributed by atoms with Gasteiger partial charge in [0.25, 0.3) is 5.91 Å². The minimum absolute atomic E-state index is 0.0880. The number of benzene rings is 2. The van der Waals surface area contributed by atoms with Crippen molar-refractivity contribution in [3.05, 3.63) is 65.7 Å². The Bertz CT molecular complexity index is 777. The number of guanidine groups is 1. The molecule has 6 nitrogen and oxygen atoms in total. The highest BCUT2D eigenvalue weighted by atomic mass is 16.3. The fourth-order valence-electron chi connectivity index (χ4n) is 2.87. The Balaban J connectivity index is 1.71. The van der Waals surface area contributed by atoms with Crippen LogP contribution in [0.4, 0.5) is 0 Å². The van der Waals surface area contributed by atoms with Gasteiger partial charge < -0.3 is 21.1 Å². The van der Waals surface area contributed by atoms with Crippen LogP contribution >= 0.6 is 0 Å². The molecule has 6 heteroatoms. The molecule has 156 valence electrons. The Labute approximate surface area is 173 Å². The van der Waals surface area contributed by atoms with E-state index in [1.54, 1.807) is 18.2 Å². The maximum Gasteiger partial charge on any atom is 0.251 e. The van der Waals surface area contributed by atoms with Gasteiger partial charge in [0, 0.05) is 31.2 Å². The molecule has 0 fully saturated rings. The molecule has 0 aliphatic carbocycles. The summed E-state index contributed by atoms with van der Waals surface area (Å²) in [6.45, 7) is 6.14. The van der Waals surface area contributed by atoms with Crippen LogP contribution in [-0.2, 0) is 6.42 Å². The molecule has 0 aromatic heterocycles. The number of carbonyl (C=O) groups excluding carboxylic acids is 1. The third-order valence-electron chi connectivity index (χ3n) is 4.43. The Kier molecular flexibility index (Phi) is 9.55. The topological polar surface area (TPSA) is 85.8 Å². The molecule has 2 aromatic carbocycles. The zero-order valence-electron chi connectivity index (χ0n) is 17.3. The molecule has 1 unspecified atom stereocenters. The number of hydrogen-bond acceptors (Lipinski definition) is 3. The number of rotatable bonds is 10. The number of nitrogens with zero attached hydrogens (tertiary/aromatic N) is 1. The number of amides is 1. The van der Waals surface area contributed by atoms with E-state index >= 15 is 0 Å². The van der Waals surface area contributed by atoms with E-state index in [1.807, 2.05) is 13.0 Å². The zero-order valence-corrected chi connectivity index (χ0v) is 17.3. The fraction of sp³-hybridized carbons (Fsp3) is 0.391. The molecule has 1 amide bonds. The first-order valence-corrected chi connectivity index (χ1v) is 10.2. The SMILES string of the molecule is CCNC(=NCCCNC(=O)c1cccc(O)c1)NC(C)CCc1ccccc1. The predicted molar refractivity (Wildman–Crippen MR) is 118 cm³/mol. The van der Waals surface area contributed by atoms with E-state index in [1.165, 1.54) is 11.6 Å². The van der Waals surface area contributed by atoms with E-state index in [2.05, 4.69) is 52.1 Å². The van der Waals surface area contributed by atoms with Gasteiger partial charge in [-0.05, 0) is 56.9 Å². The number of phenolic OH excluding ortho intramolecular Hbond substituents is 1. The summed E-state index contributed by atoms with van der Waals surface area (Å²) in [5.74, 6) is 0.696. The van der Waals surface area contributed by atoms with Crippen LogP contribution in [0.25, 0.3) is 0 Å². The normalized spacial score (nSPS) is 12.3. The van der Waals surface area contributed by atoms with Crippen molar-refractivity contribution in [3.63, 3.8) is 0 Å². The number of hydrogen-bond donors (Lipinski definition) is 4. The second kappa shape index (κ2) is 12.4. The number of nitrogens with one attached hydrogen (secondary N) is 3. The fourth-order valence-corrected chi connectivity index (χ4v) is 2.87. The molecule has 4 N–H and O–H groups in total. The largest absolute Gasteiger partial charge is 0.508 e. The molecule has 0 spiro atoms. The first-order valence-electron chi connectivity index (χ1n) is 10.2. The summed E-state index contributed by atoms with van der Waals surface area (Å²) in [4.78, 5) is 16.6. The van der Waals surface area contributed by atoms with Crippen molar-refractivity contribution in [1.29, 1.82) is 0 Å². The van der Waals surface area contributed by atoms with Crippen LogP contribution in [0.2, 0.25) is 0 Å². The Morgan fingerprint density at radius 1 is 1.10 bits per heavy atom. The van der Waals surface area contributed by atoms with Gasteiger partial charge in [-0.15, -0.1) is 0 Å². The molecule has 0 aliphatic heterocycles. The standard InChI is InChI=1S/C23H32N4O2/c1-3-24-23(27-18(2)13-14-19-9-5-4-6-10-19)26-16-8-15-25-22(29)20-11-7-12-21(28)17-20/h4-7,9-12,17-18,28H,3,8,13-16H2,1-2H3,(H,25,29)(H2,24,26,27). The molecular formula is C23H32N4O2. The molecular weight excluding hydrogens is 364 g/mol. The third kappa shape index (κ3) is 8.68. The maximum atomic E-state index is 12.0. The van der Waals surface area contributed by atoms with Crippen molar-refractivity contribution in [3.8, 4) is 5.75 Å². The van der Waals surface area contributed by atoms with E-state index < -0.39 is 0 Å². The second-order valence-corrected chi connectivity index (χ2v) is 6.99. The van der Waals surface area contributed by atoms with Gasteiger partial charge in [0.05, 0.1) is 0 Å². The molecule has 0 saturated carbocycles. The molecule has 2 aromatic rings. The summed E-state index contributed by atoms with van der Waals surface area (Å²) in [6, 6.07) is 17.1.